The van der Waals surface area contributed by atoms with Crippen LogP contribution in [0.5, 0.6) is 5.75 Å². The topological polar surface area (TPSA) is 9.23 Å². The van der Waals surface area contributed by atoms with Crippen LogP contribution in [0.15, 0.2) is 18.2 Å². The molecule has 1 fully saturated rings. The van der Waals surface area contributed by atoms with E-state index in [0.717, 1.165) is 16.6 Å². The summed E-state index contributed by atoms with van der Waals surface area (Å²) in [6.45, 7) is 11.8. The third-order valence-corrected chi connectivity index (χ3v) is 4.99. The smallest absolute Gasteiger partial charge is 0.165 e. The van der Waals surface area contributed by atoms with E-state index in [4.69, 9.17) is 4.74 Å². The fraction of sp³-hybridized carbons (Fsp3) is 0.700. The van der Waals surface area contributed by atoms with Gasteiger partial charge in [0.05, 0.1) is 19.6 Å². The number of halogens is 1. The molecule has 1 heterocycles. The van der Waals surface area contributed by atoms with E-state index in [0.29, 0.717) is 18.3 Å². The van der Waals surface area contributed by atoms with E-state index in [9.17, 15) is 4.39 Å². The summed E-state index contributed by atoms with van der Waals surface area (Å²) >= 11 is 0. The number of para-hydroxylation sites is 1. The zero-order valence-electron chi connectivity index (χ0n) is 15.1. The number of aryl methyl sites for hydroxylation is 1. The van der Waals surface area contributed by atoms with Gasteiger partial charge in [0.1, 0.15) is 13.2 Å². The molecule has 2 nitrogen and oxygen atoms in total. The van der Waals surface area contributed by atoms with Gasteiger partial charge in [-0.2, -0.15) is 0 Å². The average molecular weight is 322 g/mol. The molecule has 0 radical (unpaired) electrons. The van der Waals surface area contributed by atoms with Crippen molar-refractivity contribution >= 4 is 0 Å². The summed E-state index contributed by atoms with van der Waals surface area (Å²) in [5.41, 5.74) is 0.882. The minimum atomic E-state index is -0.243. The maximum Gasteiger partial charge on any atom is 0.165 e. The maximum absolute atomic E-state index is 13.9. The van der Waals surface area contributed by atoms with Crippen molar-refractivity contribution in [2.45, 2.75) is 52.9 Å². The summed E-state index contributed by atoms with van der Waals surface area (Å²) in [6.07, 6.45) is 6.71. The van der Waals surface area contributed by atoms with E-state index in [-0.39, 0.29) is 5.82 Å². The maximum atomic E-state index is 13.9. The Kier molecular flexibility index (Phi) is 6.88. The Morgan fingerprint density at radius 3 is 2.35 bits per heavy atom. The Balaban J connectivity index is 2.00. The third-order valence-electron chi connectivity index (χ3n) is 4.99. The molecular weight excluding hydrogens is 289 g/mol. The fourth-order valence-corrected chi connectivity index (χ4v) is 3.95. The Hall–Kier alpha value is -1.09. The first-order chi connectivity index (χ1) is 11.0. The van der Waals surface area contributed by atoms with Gasteiger partial charge in [-0.25, -0.2) is 4.39 Å². The number of hydrogen-bond acceptors (Lipinski definition) is 1. The zero-order chi connectivity index (χ0) is 16.7. The van der Waals surface area contributed by atoms with Crippen LogP contribution in [0.3, 0.4) is 0 Å². The van der Waals surface area contributed by atoms with Crippen LogP contribution < -0.4 is 4.74 Å². The van der Waals surface area contributed by atoms with Crippen molar-refractivity contribution in [2.24, 2.45) is 5.92 Å². The molecule has 0 aromatic heterocycles. The van der Waals surface area contributed by atoms with E-state index < -0.39 is 0 Å². The molecular formula is C20H33FNO+. The minimum absolute atomic E-state index is 0.243. The Morgan fingerprint density at radius 1 is 1.09 bits per heavy atom. The summed E-state index contributed by atoms with van der Waals surface area (Å²) in [7, 11) is 0. The first-order valence-corrected chi connectivity index (χ1v) is 9.25. The average Bonchev–Trinajstić information content (AvgIpc) is 2.45. The normalized spacial score (nSPS) is 18.5. The molecule has 1 aromatic carbocycles. The van der Waals surface area contributed by atoms with Crippen molar-refractivity contribution in [3.8, 4) is 5.75 Å². The molecule has 0 aliphatic carbocycles. The monoisotopic (exact) mass is 322 g/mol. The van der Waals surface area contributed by atoms with Crippen LogP contribution in [0.4, 0.5) is 4.39 Å². The first-order valence-electron chi connectivity index (χ1n) is 9.25. The van der Waals surface area contributed by atoms with Gasteiger partial charge in [-0.05, 0) is 44.2 Å². The van der Waals surface area contributed by atoms with E-state index in [1.807, 2.05) is 13.0 Å². The summed E-state index contributed by atoms with van der Waals surface area (Å²) < 4.78 is 20.9. The molecule has 1 aromatic rings. The van der Waals surface area contributed by atoms with Crippen molar-refractivity contribution in [1.29, 1.82) is 0 Å². The lowest BCUT2D eigenvalue weighted by Gasteiger charge is -2.41. The Morgan fingerprint density at radius 2 is 1.74 bits per heavy atom. The summed E-state index contributed by atoms with van der Waals surface area (Å²) in [6, 6.07) is 5.13. The standard InChI is InChI=1S/C20H33FNO/c1-17(2)16-22(12-7-5-4-6-8-13-22)14-15-23-20-18(3)10-9-11-19(20)21/h9-11,17H,4-8,12-16H2,1-3H3/q+1. The van der Waals surface area contributed by atoms with Crippen molar-refractivity contribution in [1.82, 2.24) is 0 Å². The van der Waals surface area contributed by atoms with E-state index in [1.54, 1.807) is 6.07 Å². The molecule has 23 heavy (non-hydrogen) atoms. The number of hydrogen-bond donors (Lipinski definition) is 0. The SMILES string of the molecule is Cc1cccc(F)c1OCC[N+]1(CC(C)C)CCCCCCC1. The van der Waals surface area contributed by atoms with Gasteiger partial charge >= 0.3 is 0 Å². The van der Waals surface area contributed by atoms with Crippen LogP contribution in [-0.4, -0.2) is 37.3 Å². The van der Waals surface area contributed by atoms with E-state index >= 15 is 0 Å². The highest BCUT2D eigenvalue weighted by atomic mass is 19.1. The molecule has 0 spiro atoms. The Bertz CT molecular complexity index is 458. The molecule has 130 valence electrons. The number of rotatable bonds is 6. The molecule has 0 N–H and O–H groups in total. The summed E-state index contributed by atoms with van der Waals surface area (Å²) in [4.78, 5) is 0. The summed E-state index contributed by atoms with van der Waals surface area (Å²) in [5.74, 6) is 0.875. The van der Waals surface area contributed by atoms with E-state index in [1.165, 1.54) is 57.8 Å². The van der Waals surface area contributed by atoms with Gasteiger partial charge in [-0.1, -0.05) is 32.4 Å². The van der Waals surface area contributed by atoms with Crippen molar-refractivity contribution in [3.63, 3.8) is 0 Å². The molecule has 0 amide bonds. The number of ether oxygens (including phenoxy) is 1. The molecule has 2 rings (SSSR count). The van der Waals surface area contributed by atoms with Gasteiger partial charge in [0, 0.05) is 5.92 Å². The van der Waals surface area contributed by atoms with Crippen LogP contribution in [0.25, 0.3) is 0 Å². The molecule has 1 aliphatic heterocycles. The van der Waals surface area contributed by atoms with Crippen molar-refractivity contribution in [2.75, 3.05) is 32.8 Å². The van der Waals surface area contributed by atoms with Crippen LogP contribution in [0.1, 0.15) is 51.5 Å². The van der Waals surface area contributed by atoms with Gasteiger partial charge in [-0.3, -0.25) is 0 Å². The molecule has 0 atom stereocenters. The third kappa shape index (κ3) is 5.49. The first kappa shape index (κ1) is 18.3. The quantitative estimate of drug-likeness (QED) is 0.673. The molecule has 0 saturated carbocycles. The fourth-order valence-electron chi connectivity index (χ4n) is 3.95. The van der Waals surface area contributed by atoms with Crippen LogP contribution in [-0.2, 0) is 0 Å². The zero-order valence-corrected chi connectivity index (χ0v) is 15.1. The number of likely N-dealkylation sites (tertiary alicyclic amines) is 1. The van der Waals surface area contributed by atoms with Gasteiger partial charge in [0.15, 0.2) is 11.6 Å². The van der Waals surface area contributed by atoms with Crippen molar-refractivity contribution in [3.05, 3.63) is 29.6 Å². The van der Waals surface area contributed by atoms with Gasteiger partial charge in [0.25, 0.3) is 0 Å². The van der Waals surface area contributed by atoms with Gasteiger partial charge < -0.3 is 9.22 Å². The lowest BCUT2D eigenvalue weighted by Crippen LogP contribution is -2.54. The lowest BCUT2D eigenvalue weighted by molar-refractivity contribution is -0.931. The molecule has 3 heteroatoms. The Labute approximate surface area is 141 Å². The second kappa shape index (κ2) is 8.68. The molecule has 0 unspecified atom stereocenters. The molecule has 0 bridgehead atoms. The van der Waals surface area contributed by atoms with Crippen molar-refractivity contribution < 1.29 is 13.6 Å². The number of nitrogens with zero attached hydrogens (tertiary/aromatic N) is 1. The highest BCUT2D eigenvalue weighted by molar-refractivity contribution is 5.33. The largest absolute Gasteiger partial charge is 0.484 e. The second-order valence-electron chi connectivity index (χ2n) is 7.59. The van der Waals surface area contributed by atoms with Crippen LogP contribution >= 0.6 is 0 Å². The predicted octanol–water partition coefficient (Wildman–Crippen LogP) is 4.95. The molecule has 1 aliphatic rings. The second-order valence-corrected chi connectivity index (χ2v) is 7.59. The van der Waals surface area contributed by atoms with Gasteiger partial charge in [0.2, 0.25) is 0 Å². The number of quaternary nitrogens is 1. The highest BCUT2D eigenvalue weighted by Gasteiger charge is 2.29. The minimum Gasteiger partial charge on any atom is -0.484 e. The van der Waals surface area contributed by atoms with E-state index in [2.05, 4.69) is 13.8 Å². The molecule has 1 saturated heterocycles. The summed E-state index contributed by atoms with van der Waals surface area (Å²) in [5, 5.41) is 0. The number of benzene rings is 1. The van der Waals surface area contributed by atoms with Crippen LogP contribution in [0.2, 0.25) is 0 Å². The predicted molar refractivity (Wildman–Crippen MR) is 94.3 cm³/mol. The van der Waals surface area contributed by atoms with Gasteiger partial charge in [-0.15, -0.1) is 0 Å². The lowest BCUT2D eigenvalue weighted by atomic mass is 10.0. The van der Waals surface area contributed by atoms with Crippen LogP contribution in [0, 0.1) is 18.7 Å². The highest BCUT2D eigenvalue weighted by Crippen LogP contribution is 2.23.